The van der Waals surface area contributed by atoms with Gasteiger partial charge in [0, 0.05) is 11.1 Å². The smallest absolute Gasteiger partial charge is 0.310 e. The molecule has 3 nitrogen and oxygen atoms in total. The zero-order chi connectivity index (χ0) is 20.4. The van der Waals surface area contributed by atoms with Crippen molar-refractivity contribution in [2.45, 2.75) is 65.8 Å². The Morgan fingerprint density at radius 1 is 1.00 bits per heavy atom. The number of para-hydroxylation sites is 1. The third-order valence-corrected chi connectivity index (χ3v) is 4.46. The van der Waals surface area contributed by atoms with Gasteiger partial charge < -0.3 is 4.74 Å². The lowest BCUT2D eigenvalue weighted by molar-refractivity contribution is -0.515. The highest BCUT2D eigenvalue weighted by molar-refractivity contribution is 5.57. The van der Waals surface area contributed by atoms with Gasteiger partial charge in [0.05, 0.1) is 0 Å². The molecule has 0 aromatic heterocycles. The van der Waals surface area contributed by atoms with Gasteiger partial charge in [0.2, 0.25) is 0 Å². The number of rotatable bonds is 5. The molecule has 0 atom stereocenters. The van der Waals surface area contributed by atoms with Gasteiger partial charge in [0.15, 0.2) is 11.6 Å². The molecule has 0 amide bonds. The maximum absolute atomic E-state index is 14.0. The highest BCUT2D eigenvalue weighted by Gasteiger charge is 2.30. The Morgan fingerprint density at radius 3 is 1.93 bits per heavy atom. The first-order chi connectivity index (χ1) is 12.6. The lowest BCUT2D eigenvalue weighted by Crippen LogP contribution is -2.30. The molecule has 0 bridgehead atoms. The summed E-state index contributed by atoms with van der Waals surface area (Å²) in [7, 11) is 0. The number of hydrogen-bond donors (Lipinski definition) is 1. The van der Waals surface area contributed by atoms with Crippen molar-refractivity contribution in [1.82, 2.24) is 0 Å². The Bertz CT molecular complexity index is 843. The van der Waals surface area contributed by atoms with Crippen LogP contribution in [0.25, 0.3) is 0 Å². The van der Waals surface area contributed by atoms with Crippen LogP contribution in [-0.4, -0.2) is 16.1 Å². The predicted molar refractivity (Wildman–Crippen MR) is 108 cm³/mol. The van der Waals surface area contributed by atoms with Gasteiger partial charge in [-0.1, -0.05) is 45.2 Å². The molecule has 2 rings (SSSR count). The largest absolute Gasteiger partial charge is 0.454 e. The number of nitrogens with one attached hydrogen (secondary N) is 1. The normalized spacial score (nSPS) is 11.6. The number of halogens is 1. The molecule has 0 aliphatic carbocycles. The van der Waals surface area contributed by atoms with E-state index in [2.05, 4.69) is 54.5 Å². The molecule has 0 fully saturated rings. The molecule has 2 aromatic rings. The summed E-state index contributed by atoms with van der Waals surface area (Å²) >= 11 is 0. The molecule has 0 saturated carbocycles. The minimum atomic E-state index is -0.386. The molecule has 0 aliphatic heterocycles. The Labute approximate surface area is 162 Å². The van der Waals surface area contributed by atoms with Gasteiger partial charge in [-0.15, -0.1) is 0 Å². The molecule has 0 heterocycles. The van der Waals surface area contributed by atoms with Crippen LogP contribution < -0.4 is 4.74 Å². The zero-order valence-corrected chi connectivity index (χ0v) is 17.4. The van der Waals surface area contributed by atoms with E-state index < -0.39 is 0 Å². The summed E-state index contributed by atoms with van der Waals surface area (Å²) in [6, 6.07) is 12.9. The fraction of sp³-hybridized carbons (Fsp3) is 0.435. The van der Waals surface area contributed by atoms with Crippen molar-refractivity contribution in [3.63, 3.8) is 0 Å². The first-order valence-corrected chi connectivity index (χ1v) is 9.39. The van der Waals surface area contributed by atoms with Gasteiger partial charge in [0.25, 0.3) is 0 Å². The minimum Gasteiger partial charge on any atom is -0.454 e. The monoisotopic (exact) mass is 369 g/mol. The van der Waals surface area contributed by atoms with Crippen LogP contribution in [0.5, 0.6) is 11.5 Å². The second kappa shape index (κ2) is 8.06. The van der Waals surface area contributed by atoms with Crippen LogP contribution in [0.3, 0.4) is 0 Å². The van der Waals surface area contributed by atoms with Gasteiger partial charge in [-0.3, -0.25) is 0 Å². The van der Waals surface area contributed by atoms with Crippen molar-refractivity contribution in [1.29, 1.82) is 5.41 Å². The van der Waals surface area contributed by atoms with E-state index >= 15 is 0 Å². The highest BCUT2D eigenvalue weighted by Crippen LogP contribution is 2.41. The number of hydrogen-bond acceptors (Lipinski definition) is 2. The second-order valence-corrected chi connectivity index (χ2v) is 8.41. The molecule has 2 aromatic carbocycles. The van der Waals surface area contributed by atoms with E-state index in [0.29, 0.717) is 5.75 Å². The second-order valence-electron chi connectivity index (χ2n) is 8.41. The highest BCUT2D eigenvalue weighted by atomic mass is 19.1. The number of benzene rings is 2. The van der Waals surface area contributed by atoms with Crippen LogP contribution in [-0.2, 0) is 0 Å². The molecule has 0 saturated heterocycles. The first-order valence-electron chi connectivity index (χ1n) is 9.39. The van der Waals surface area contributed by atoms with Crippen LogP contribution in [0.1, 0.15) is 71.4 Å². The van der Waals surface area contributed by atoms with Gasteiger partial charge >= 0.3 is 6.01 Å². The van der Waals surface area contributed by atoms with E-state index in [4.69, 9.17) is 10.1 Å². The summed E-state index contributed by atoms with van der Waals surface area (Å²) < 4.78 is 21.8. The van der Waals surface area contributed by atoms with E-state index in [-0.39, 0.29) is 28.9 Å². The van der Waals surface area contributed by atoms with E-state index in [1.807, 2.05) is 16.7 Å². The molecule has 1 N–H and O–H groups in total. The lowest BCUT2D eigenvalue weighted by atomic mass is 9.90. The van der Waals surface area contributed by atoms with Crippen LogP contribution in [0.4, 0.5) is 10.1 Å². The average Bonchev–Trinajstić information content (AvgIpc) is 2.56. The molecule has 0 radical (unpaired) electrons. The Hall–Kier alpha value is -2.45. The van der Waals surface area contributed by atoms with Crippen LogP contribution in [0.15, 0.2) is 36.4 Å². The van der Waals surface area contributed by atoms with E-state index in [0.717, 1.165) is 16.8 Å². The fourth-order valence-electron chi connectivity index (χ4n) is 3.06. The molecule has 144 valence electrons. The fourth-order valence-corrected chi connectivity index (χ4v) is 3.06. The van der Waals surface area contributed by atoms with Gasteiger partial charge in [0.1, 0.15) is 17.0 Å². The van der Waals surface area contributed by atoms with Crippen molar-refractivity contribution in [3.8, 4) is 11.5 Å². The van der Waals surface area contributed by atoms with Gasteiger partial charge in [-0.05, 0) is 56.9 Å². The van der Waals surface area contributed by atoms with Crippen molar-refractivity contribution >= 4 is 11.7 Å². The molecular formula is C23H30FN2O+. The van der Waals surface area contributed by atoms with Crippen molar-refractivity contribution in [3.05, 3.63) is 53.3 Å². The lowest BCUT2D eigenvalue weighted by Gasteiger charge is -2.26. The SMILES string of the molecule is CC(C)c1cc(Oc2ccccc2F)cc(C(C)C)c1[N+](=C=N)C(C)(C)C. The summed E-state index contributed by atoms with van der Waals surface area (Å²) in [5, 5.41) is 7.88. The van der Waals surface area contributed by atoms with Gasteiger partial charge in [-0.2, -0.15) is 4.58 Å². The van der Waals surface area contributed by atoms with Gasteiger partial charge in [-0.25, -0.2) is 4.39 Å². The summed E-state index contributed by atoms with van der Waals surface area (Å²) in [4.78, 5) is 0. The average molecular weight is 370 g/mol. The van der Waals surface area contributed by atoms with Crippen molar-refractivity contribution < 1.29 is 13.7 Å². The predicted octanol–water partition coefficient (Wildman–Crippen LogP) is 7.06. The number of nitrogens with zero attached hydrogens (tertiary/aromatic N) is 1. The summed E-state index contributed by atoms with van der Waals surface area (Å²) in [5.41, 5.74) is 2.82. The van der Waals surface area contributed by atoms with E-state index in [1.165, 1.54) is 6.07 Å². The summed E-state index contributed by atoms with van der Waals surface area (Å²) in [5.74, 6) is 0.846. The Balaban J connectivity index is 2.72. The molecule has 0 unspecified atom stereocenters. The quantitative estimate of drug-likeness (QED) is 0.444. The summed E-state index contributed by atoms with van der Waals surface area (Å²) in [6.45, 7) is 14.6. The zero-order valence-electron chi connectivity index (χ0n) is 17.4. The first kappa shape index (κ1) is 20.9. The van der Waals surface area contributed by atoms with Crippen molar-refractivity contribution in [2.24, 2.45) is 0 Å². The minimum absolute atomic E-state index is 0.208. The molecule has 4 heteroatoms. The topological polar surface area (TPSA) is 36.1 Å². The number of ether oxygens (including phenoxy) is 1. The van der Waals surface area contributed by atoms with Crippen molar-refractivity contribution in [2.75, 3.05) is 0 Å². The van der Waals surface area contributed by atoms with Crippen LogP contribution in [0, 0.1) is 11.2 Å². The Morgan fingerprint density at radius 2 is 1.52 bits per heavy atom. The summed E-state index contributed by atoms with van der Waals surface area (Å²) in [6.07, 6.45) is 0. The van der Waals surface area contributed by atoms with E-state index in [1.54, 1.807) is 18.2 Å². The van der Waals surface area contributed by atoms with Crippen LogP contribution in [0.2, 0.25) is 0 Å². The standard InChI is InChI=1S/C23H30FN2O/c1-15(2)18-12-17(27-21-11-9-8-10-20(21)24)13-19(16(3)4)22(18)26(14-25)23(5,6)7/h8-13,15-16,25H,1-7H3/q+1. The molecule has 0 spiro atoms. The van der Waals surface area contributed by atoms with E-state index in [9.17, 15) is 4.39 Å². The molecule has 27 heavy (non-hydrogen) atoms. The maximum atomic E-state index is 14.0. The Kier molecular flexibility index (Phi) is 6.22. The third-order valence-electron chi connectivity index (χ3n) is 4.46. The molecular weight excluding hydrogens is 339 g/mol. The maximum Gasteiger partial charge on any atom is 0.310 e. The van der Waals surface area contributed by atoms with Crippen LogP contribution >= 0.6 is 0 Å². The molecule has 0 aliphatic rings. The third kappa shape index (κ3) is 4.64.